The van der Waals surface area contributed by atoms with Crippen molar-refractivity contribution in [1.29, 1.82) is 0 Å². The van der Waals surface area contributed by atoms with Gasteiger partial charge in [0.05, 0.1) is 13.2 Å². The molecule has 19 heavy (non-hydrogen) atoms. The molecule has 0 saturated heterocycles. The smallest absolute Gasteiger partial charge is 0.0615 e. The maximum absolute atomic E-state index is 5.28. The second kappa shape index (κ2) is 12.9. The minimum atomic E-state index is 0.433. The number of nitrogens with zero attached hydrogens (tertiary/aromatic N) is 1. The van der Waals surface area contributed by atoms with E-state index in [0.29, 0.717) is 12.1 Å². The van der Waals surface area contributed by atoms with Gasteiger partial charge in [0.1, 0.15) is 0 Å². The summed E-state index contributed by atoms with van der Waals surface area (Å²) < 4.78 is 10.5. The van der Waals surface area contributed by atoms with Gasteiger partial charge >= 0.3 is 0 Å². The number of nitrogens with one attached hydrogen (secondary N) is 1. The summed E-state index contributed by atoms with van der Waals surface area (Å²) in [6.07, 6.45) is 3.63. The first kappa shape index (κ1) is 18.8. The van der Waals surface area contributed by atoms with Crippen LogP contribution < -0.4 is 5.32 Å². The van der Waals surface area contributed by atoms with Gasteiger partial charge in [-0.1, -0.05) is 20.3 Å². The van der Waals surface area contributed by atoms with Crippen LogP contribution in [0.1, 0.15) is 40.0 Å². The molecule has 1 N–H and O–H groups in total. The summed E-state index contributed by atoms with van der Waals surface area (Å²) in [5.74, 6) is 0. The molecule has 0 radical (unpaired) electrons. The summed E-state index contributed by atoms with van der Waals surface area (Å²) in [6, 6.07) is 1.00. The molecule has 4 nitrogen and oxygen atoms in total. The highest BCUT2D eigenvalue weighted by Gasteiger charge is 2.18. The molecule has 0 rings (SSSR count). The molecule has 4 heteroatoms. The summed E-state index contributed by atoms with van der Waals surface area (Å²) in [5.41, 5.74) is 0. The monoisotopic (exact) mass is 274 g/mol. The van der Waals surface area contributed by atoms with Crippen LogP contribution in [-0.2, 0) is 9.47 Å². The molecule has 0 aromatic rings. The molecule has 0 aromatic carbocycles. The lowest BCUT2D eigenvalue weighted by Gasteiger charge is -2.32. The maximum Gasteiger partial charge on any atom is 0.0615 e. The molecule has 0 aliphatic carbocycles. The number of rotatable bonds is 13. The Morgan fingerprint density at radius 1 is 1.11 bits per heavy atom. The predicted molar refractivity (Wildman–Crippen MR) is 81.8 cm³/mol. The van der Waals surface area contributed by atoms with Crippen LogP contribution in [0.2, 0.25) is 0 Å². The number of methoxy groups -OCH3 is 2. The lowest BCUT2D eigenvalue weighted by atomic mass is 10.1. The van der Waals surface area contributed by atoms with Crippen molar-refractivity contribution in [1.82, 2.24) is 10.2 Å². The van der Waals surface area contributed by atoms with Gasteiger partial charge in [-0.3, -0.25) is 4.90 Å². The molecular weight excluding hydrogens is 240 g/mol. The van der Waals surface area contributed by atoms with Crippen molar-refractivity contribution in [3.05, 3.63) is 0 Å². The standard InChI is InChI=1S/C15H34N2O2/c1-6-8-15(16-9-7-2)12-17(10-11-18-4)14(3)13-19-5/h14-16H,6-13H2,1-5H3. The summed E-state index contributed by atoms with van der Waals surface area (Å²) in [7, 11) is 3.53. The minimum Gasteiger partial charge on any atom is -0.383 e. The van der Waals surface area contributed by atoms with Crippen LogP contribution in [0.3, 0.4) is 0 Å². The fraction of sp³-hybridized carbons (Fsp3) is 1.00. The van der Waals surface area contributed by atoms with E-state index in [-0.39, 0.29) is 0 Å². The van der Waals surface area contributed by atoms with Gasteiger partial charge in [-0.2, -0.15) is 0 Å². The third-order valence-electron chi connectivity index (χ3n) is 3.39. The molecule has 0 aliphatic heterocycles. The van der Waals surface area contributed by atoms with E-state index in [4.69, 9.17) is 9.47 Å². The fourth-order valence-electron chi connectivity index (χ4n) is 2.28. The molecule has 0 amide bonds. The first-order chi connectivity index (χ1) is 9.19. The van der Waals surface area contributed by atoms with E-state index < -0.39 is 0 Å². The van der Waals surface area contributed by atoms with E-state index in [1.807, 2.05) is 0 Å². The van der Waals surface area contributed by atoms with Gasteiger partial charge in [0.25, 0.3) is 0 Å². The second-order valence-corrected chi connectivity index (χ2v) is 5.23. The van der Waals surface area contributed by atoms with Crippen molar-refractivity contribution in [2.24, 2.45) is 0 Å². The summed E-state index contributed by atoms with van der Waals surface area (Å²) >= 11 is 0. The first-order valence-electron chi connectivity index (χ1n) is 7.64. The van der Waals surface area contributed by atoms with Gasteiger partial charge in [-0.15, -0.1) is 0 Å². The van der Waals surface area contributed by atoms with Crippen LogP contribution in [0.15, 0.2) is 0 Å². The lowest BCUT2D eigenvalue weighted by molar-refractivity contribution is 0.0680. The molecule has 0 saturated carbocycles. The summed E-state index contributed by atoms with van der Waals surface area (Å²) in [4.78, 5) is 2.47. The molecule has 0 bridgehead atoms. The third-order valence-corrected chi connectivity index (χ3v) is 3.39. The maximum atomic E-state index is 5.28. The zero-order chi connectivity index (χ0) is 14.5. The molecule has 116 valence electrons. The summed E-state index contributed by atoms with van der Waals surface area (Å²) in [6.45, 7) is 11.4. The Morgan fingerprint density at radius 2 is 1.84 bits per heavy atom. The number of hydrogen-bond acceptors (Lipinski definition) is 4. The van der Waals surface area contributed by atoms with Crippen LogP contribution in [0.5, 0.6) is 0 Å². The lowest BCUT2D eigenvalue weighted by Crippen LogP contribution is -2.47. The number of ether oxygens (including phenoxy) is 2. The van der Waals surface area contributed by atoms with E-state index in [2.05, 4.69) is 31.0 Å². The Hall–Kier alpha value is -0.160. The third kappa shape index (κ3) is 9.38. The fourth-order valence-corrected chi connectivity index (χ4v) is 2.28. The largest absolute Gasteiger partial charge is 0.383 e. The molecule has 2 unspecified atom stereocenters. The van der Waals surface area contributed by atoms with Gasteiger partial charge in [0.2, 0.25) is 0 Å². The average Bonchev–Trinajstić information content (AvgIpc) is 2.40. The van der Waals surface area contributed by atoms with E-state index >= 15 is 0 Å². The molecule has 0 spiro atoms. The van der Waals surface area contributed by atoms with Gasteiger partial charge < -0.3 is 14.8 Å². The van der Waals surface area contributed by atoms with Crippen molar-refractivity contribution in [2.75, 3.05) is 47.1 Å². The van der Waals surface area contributed by atoms with Gasteiger partial charge in [-0.05, 0) is 26.3 Å². The minimum absolute atomic E-state index is 0.433. The van der Waals surface area contributed by atoms with Gasteiger partial charge in [0, 0.05) is 39.4 Å². The molecule has 0 heterocycles. The first-order valence-corrected chi connectivity index (χ1v) is 7.64. The van der Waals surface area contributed by atoms with E-state index in [0.717, 1.165) is 32.8 Å². The number of hydrogen-bond donors (Lipinski definition) is 1. The zero-order valence-corrected chi connectivity index (χ0v) is 13.6. The zero-order valence-electron chi connectivity index (χ0n) is 13.6. The highest BCUT2D eigenvalue weighted by Crippen LogP contribution is 2.06. The Labute approximate surface area is 119 Å². The van der Waals surface area contributed by atoms with E-state index in [9.17, 15) is 0 Å². The summed E-state index contributed by atoms with van der Waals surface area (Å²) in [5, 5.41) is 3.65. The SMILES string of the molecule is CCCNC(CCC)CN(CCOC)C(C)COC. The van der Waals surface area contributed by atoms with Crippen LogP contribution >= 0.6 is 0 Å². The van der Waals surface area contributed by atoms with Crippen molar-refractivity contribution >= 4 is 0 Å². The Bertz CT molecular complexity index is 191. The van der Waals surface area contributed by atoms with Crippen molar-refractivity contribution < 1.29 is 9.47 Å². The van der Waals surface area contributed by atoms with E-state index in [1.54, 1.807) is 14.2 Å². The molecule has 0 aliphatic rings. The van der Waals surface area contributed by atoms with Gasteiger partial charge in [0.15, 0.2) is 0 Å². The van der Waals surface area contributed by atoms with Gasteiger partial charge in [-0.25, -0.2) is 0 Å². The van der Waals surface area contributed by atoms with Crippen molar-refractivity contribution in [2.45, 2.75) is 52.1 Å². The second-order valence-electron chi connectivity index (χ2n) is 5.23. The Kier molecular flexibility index (Phi) is 12.7. The Balaban J connectivity index is 4.35. The highest BCUT2D eigenvalue weighted by atomic mass is 16.5. The van der Waals surface area contributed by atoms with E-state index in [1.165, 1.54) is 19.3 Å². The van der Waals surface area contributed by atoms with Crippen LogP contribution in [0.25, 0.3) is 0 Å². The Morgan fingerprint density at radius 3 is 2.37 bits per heavy atom. The highest BCUT2D eigenvalue weighted by molar-refractivity contribution is 4.75. The normalized spacial score (nSPS) is 14.8. The molecule has 0 fully saturated rings. The van der Waals surface area contributed by atoms with Crippen molar-refractivity contribution in [3.8, 4) is 0 Å². The predicted octanol–water partition coefficient (Wildman–Crippen LogP) is 2.14. The van der Waals surface area contributed by atoms with Crippen LogP contribution in [0.4, 0.5) is 0 Å². The molecule has 2 atom stereocenters. The quantitative estimate of drug-likeness (QED) is 0.558. The van der Waals surface area contributed by atoms with Crippen LogP contribution in [0, 0.1) is 0 Å². The molecule has 0 aromatic heterocycles. The van der Waals surface area contributed by atoms with Crippen molar-refractivity contribution in [3.63, 3.8) is 0 Å². The topological polar surface area (TPSA) is 33.7 Å². The van der Waals surface area contributed by atoms with Crippen LogP contribution in [-0.4, -0.2) is 64.1 Å². The average molecular weight is 274 g/mol. The molecular formula is C15H34N2O2.